The summed E-state index contributed by atoms with van der Waals surface area (Å²) in [6.07, 6.45) is 2.28. The number of hydrogen-bond donors (Lipinski definition) is 2. The van der Waals surface area contributed by atoms with Crippen LogP contribution in [-0.4, -0.2) is 7.11 Å². The Labute approximate surface area is 127 Å². The van der Waals surface area contributed by atoms with Crippen molar-refractivity contribution >= 4 is 0 Å². The van der Waals surface area contributed by atoms with Gasteiger partial charge >= 0.3 is 0 Å². The fraction of sp³-hybridized carbons (Fsp3) is 0.333. The molecule has 2 rings (SSSR count). The predicted octanol–water partition coefficient (Wildman–Crippen LogP) is 3.51. The molecule has 0 aliphatic rings. The van der Waals surface area contributed by atoms with Crippen molar-refractivity contribution in [2.45, 2.75) is 32.7 Å². The van der Waals surface area contributed by atoms with Gasteiger partial charge < -0.3 is 4.74 Å². The summed E-state index contributed by atoms with van der Waals surface area (Å²) in [6, 6.07) is 14.8. The number of hydrogen-bond acceptors (Lipinski definition) is 3. The second-order valence-electron chi connectivity index (χ2n) is 5.32. The van der Waals surface area contributed by atoms with E-state index in [9.17, 15) is 0 Å². The van der Waals surface area contributed by atoms with Gasteiger partial charge in [0.1, 0.15) is 5.75 Å². The van der Waals surface area contributed by atoms with Gasteiger partial charge in [-0.2, -0.15) is 0 Å². The molecule has 21 heavy (non-hydrogen) atoms. The highest BCUT2D eigenvalue weighted by Gasteiger charge is 2.13. The van der Waals surface area contributed by atoms with Gasteiger partial charge in [-0.05, 0) is 41.7 Å². The van der Waals surface area contributed by atoms with E-state index in [-0.39, 0.29) is 6.04 Å². The van der Waals surface area contributed by atoms with E-state index in [1.807, 2.05) is 13.0 Å². The van der Waals surface area contributed by atoms with Crippen LogP contribution >= 0.6 is 0 Å². The van der Waals surface area contributed by atoms with E-state index < -0.39 is 0 Å². The van der Waals surface area contributed by atoms with Crippen molar-refractivity contribution in [2.75, 3.05) is 7.11 Å². The van der Waals surface area contributed by atoms with Crippen LogP contribution in [-0.2, 0) is 6.42 Å². The maximum absolute atomic E-state index is 5.77. The summed E-state index contributed by atoms with van der Waals surface area (Å²) in [4.78, 5) is 0. The van der Waals surface area contributed by atoms with Crippen LogP contribution in [0.5, 0.6) is 5.75 Å². The highest BCUT2D eigenvalue weighted by Crippen LogP contribution is 2.26. The third-order valence-electron chi connectivity index (χ3n) is 3.77. The normalized spacial score (nSPS) is 12.2. The Morgan fingerprint density at radius 2 is 1.76 bits per heavy atom. The molecule has 0 bridgehead atoms. The molecule has 0 spiro atoms. The topological polar surface area (TPSA) is 47.3 Å². The van der Waals surface area contributed by atoms with Crippen LogP contribution in [0.4, 0.5) is 0 Å². The number of ether oxygens (including phenoxy) is 1. The first-order valence-corrected chi connectivity index (χ1v) is 7.39. The summed E-state index contributed by atoms with van der Waals surface area (Å²) >= 11 is 0. The molecule has 0 fully saturated rings. The summed E-state index contributed by atoms with van der Waals surface area (Å²) in [5.74, 6) is 6.67. The van der Waals surface area contributed by atoms with Crippen molar-refractivity contribution in [3.63, 3.8) is 0 Å². The van der Waals surface area contributed by atoms with Crippen molar-refractivity contribution in [3.8, 4) is 5.75 Å². The van der Waals surface area contributed by atoms with Gasteiger partial charge in [-0.25, -0.2) is 5.43 Å². The lowest BCUT2D eigenvalue weighted by molar-refractivity contribution is 0.411. The largest absolute Gasteiger partial charge is 0.496 e. The molecule has 0 saturated carbocycles. The molecule has 0 radical (unpaired) electrons. The van der Waals surface area contributed by atoms with E-state index >= 15 is 0 Å². The third kappa shape index (κ3) is 3.63. The Morgan fingerprint density at radius 3 is 2.29 bits per heavy atom. The first-order chi connectivity index (χ1) is 10.2. The van der Waals surface area contributed by atoms with E-state index in [2.05, 4.69) is 48.7 Å². The van der Waals surface area contributed by atoms with Gasteiger partial charge in [0.05, 0.1) is 13.2 Å². The van der Waals surface area contributed by atoms with Gasteiger partial charge in [0.15, 0.2) is 0 Å². The molecule has 1 unspecified atom stereocenters. The molecular formula is C18H24N2O. The van der Waals surface area contributed by atoms with E-state index in [1.165, 1.54) is 11.1 Å². The van der Waals surface area contributed by atoms with Crippen molar-refractivity contribution < 1.29 is 4.74 Å². The fourth-order valence-electron chi connectivity index (χ4n) is 2.63. The lowest BCUT2D eigenvalue weighted by atomic mass is 9.96. The maximum atomic E-state index is 5.77. The minimum atomic E-state index is -0.00900. The van der Waals surface area contributed by atoms with E-state index in [1.54, 1.807) is 7.11 Å². The van der Waals surface area contributed by atoms with Crippen LogP contribution in [0.25, 0.3) is 0 Å². The molecule has 0 aliphatic heterocycles. The summed E-state index contributed by atoms with van der Waals surface area (Å²) in [7, 11) is 1.69. The molecule has 112 valence electrons. The van der Waals surface area contributed by atoms with Crippen molar-refractivity contribution in [1.82, 2.24) is 5.43 Å². The number of rotatable bonds is 6. The van der Waals surface area contributed by atoms with Gasteiger partial charge in [0, 0.05) is 0 Å². The Balaban J connectivity index is 2.28. The molecule has 3 nitrogen and oxygen atoms in total. The van der Waals surface area contributed by atoms with Gasteiger partial charge in [-0.3, -0.25) is 5.84 Å². The zero-order chi connectivity index (χ0) is 15.2. The molecule has 0 amide bonds. The number of methoxy groups -OCH3 is 1. The highest BCUT2D eigenvalue weighted by molar-refractivity contribution is 5.41. The summed E-state index contributed by atoms with van der Waals surface area (Å²) in [6.45, 7) is 4.23. The van der Waals surface area contributed by atoms with Gasteiger partial charge in [0.2, 0.25) is 0 Å². The molecular weight excluding hydrogens is 260 g/mol. The molecule has 1 atom stereocenters. The van der Waals surface area contributed by atoms with Crippen molar-refractivity contribution in [1.29, 1.82) is 0 Å². The molecule has 0 aromatic heterocycles. The van der Waals surface area contributed by atoms with Crippen LogP contribution in [0.15, 0.2) is 42.5 Å². The smallest absolute Gasteiger partial charge is 0.121 e. The Hall–Kier alpha value is -1.84. The Bertz CT molecular complexity index is 578. The lowest BCUT2D eigenvalue weighted by Gasteiger charge is -2.18. The molecule has 2 aromatic rings. The quantitative estimate of drug-likeness (QED) is 0.630. The first-order valence-electron chi connectivity index (χ1n) is 7.39. The molecule has 0 aliphatic carbocycles. The van der Waals surface area contributed by atoms with E-state index in [0.29, 0.717) is 0 Å². The van der Waals surface area contributed by atoms with Crippen LogP contribution in [0, 0.1) is 6.92 Å². The monoisotopic (exact) mass is 284 g/mol. The van der Waals surface area contributed by atoms with E-state index in [4.69, 9.17) is 10.6 Å². The molecule has 3 heteroatoms. The van der Waals surface area contributed by atoms with E-state index in [0.717, 1.165) is 29.7 Å². The summed E-state index contributed by atoms with van der Waals surface area (Å²) in [5.41, 5.74) is 7.69. The highest BCUT2D eigenvalue weighted by atomic mass is 16.5. The number of aryl methyl sites for hydroxylation is 2. The predicted molar refractivity (Wildman–Crippen MR) is 87.3 cm³/mol. The molecule has 0 heterocycles. The average Bonchev–Trinajstić information content (AvgIpc) is 2.50. The minimum Gasteiger partial charge on any atom is -0.496 e. The summed E-state index contributed by atoms with van der Waals surface area (Å²) in [5, 5.41) is 0. The Morgan fingerprint density at radius 1 is 1.10 bits per heavy atom. The second-order valence-corrected chi connectivity index (χ2v) is 5.32. The first kappa shape index (κ1) is 15.5. The fourth-order valence-corrected chi connectivity index (χ4v) is 2.63. The second kappa shape index (κ2) is 7.25. The van der Waals surface area contributed by atoms with Crippen LogP contribution in [0.1, 0.15) is 41.6 Å². The van der Waals surface area contributed by atoms with Crippen LogP contribution < -0.4 is 16.0 Å². The Kier molecular flexibility index (Phi) is 5.37. The number of nitrogens with two attached hydrogens (primary N) is 1. The minimum absolute atomic E-state index is 0.00900. The molecule has 3 N–H and O–H groups in total. The standard InChI is InChI=1S/C18H24N2O/c1-4-5-14-6-8-15(9-7-14)18(20-19)16-10-11-17(21-3)13(2)12-16/h6-12,18,20H,4-5,19H2,1-3H3. The maximum Gasteiger partial charge on any atom is 0.121 e. The number of nitrogens with one attached hydrogen (secondary N) is 1. The molecule has 2 aromatic carbocycles. The van der Waals surface area contributed by atoms with Crippen molar-refractivity contribution in [3.05, 3.63) is 64.7 Å². The van der Waals surface area contributed by atoms with Crippen LogP contribution in [0.2, 0.25) is 0 Å². The van der Waals surface area contributed by atoms with Gasteiger partial charge in [-0.1, -0.05) is 49.7 Å². The van der Waals surface area contributed by atoms with Gasteiger partial charge in [0.25, 0.3) is 0 Å². The summed E-state index contributed by atoms with van der Waals surface area (Å²) < 4.78 is 5.31. The zero-order valence-electron chi connectivity index (χ0n) is 13.0. The molecule has 0 saturated heterocycles. The van der Waals surface area contributed by atoms with Gasteiger partial charge in [-0.15, -0.1) is 0 Å². The average molecular weight is 284 g/mol. The lowest BCUT2D eigenvalue weighted by Crippen LogP contribution is -2.28. The van der Waals surface area contributed by atoms with Crippen LogP contribution in [0.3, 0.4) is 0 Å². The third-order valence-corrected chi connectivity index (χ3v) is 3.77. The zero-order valence-corrected chi connectivity index (χ0v) is 13.0. The number of benzene rings is 2. The SMILES string of the molecule is CCCc1ccc(C(NN)c2ccc(OC)c(C)c2)cc1. The van der Waals surface area contributed by atoms with Crippen molar-refractivity contribution in [2.24, 2.45) is 5.84 Å². The number of hydrazine groups is 1.